The molecule has 1 saturated heterocycles. The fourth-order valence-corrected chi connectivity index (χ4v) is 4.32. The number of hydrogen-bond acceptors (Lipinski definition) is 4. The minimum atomic E-state index is -0.253. The van der Waals surface area contributed by atoms with E-state index in [4.69, 9.17) is 4.98 Å². The van der Waals surface area contributed by atoms with Crippen molar-refractivity contribution in [2.45, 2.75) is 45.6 Å². The summed E-state index contributed by atoms with van der Waals surface area (Å²) in [6.07, 6.45) is 0. The van der Waals surface area contributed by atoms with E-state index in [0.717, 1.165) is 30.2 Å². The zero-order valence-corrected chi connectivity index (χ0v) is 17.8. The van der Waals surface area contributed by atoms with E-state index in [0.29, 0.717) is 24.3 Å². The minimum Gasteiger partial charge on any atom is -0.339 e. The van der Waals surface area contributed by atoms with Gasteiger partial charge in [0.15, 0.2) is 0 Å². The van der Waals surface area contributed by atoms with Crippen LogP contribution in [-0.2, 0) is 5.41 Å². The molecule has 0 atom stereocenters. The number of benzene rings is 1. The Labute approximate surface area is 171 Å². The topological polar surface area (TPSA) is 48.5 Å². The standard InChI is InChI=1S/C23H29FN4O/c1-15-6-7-16(12-17(15)24)27-14-22(2,3)20-19(27)9-8-18(26-20)21(29)28-11-10-25-13-23(28,4)5/h6-9,12,25H,10-11,13-14H2,1-5H3. The molecule has 1 aromatic carbocycles. The predicted octanol–water partition coefficient (Wildman–Crippen LogP) is 3.78. The van der Waals surface area contributed by atoms with Crippen LogP contribution in [0, 0.1) is 12.7 Å². The van der Waals surface area contributed by atoms with E-state index >= 15 is 0 Å². The lowest BCUT2D eigenvalue weighted by molar-refractivity contribution is 0.0471. The normalized spacial score (nSPS) is 19.9. The molecule has 154 valence electrons. The highest BCUT2D eigenvalue weighted by molar-refractivity contribution is 5.93. The molecule has 0 aliphatic carbocycles. The van der Waals surface area contributed by atoms with Crippen molar-refractivity contribution in [3.05, 3.63) is 53.1 Å². The summed E-state index contributed by atoms with van der Waals surface area (Å²) in [7, 11) is 0. The molecule has 2 aliphatic heterocycles. The molecule has 0 bridgehead atoms. The summed E-state index contributed by atoms with van der Waals surface area (Å²) < 4.78 is 14.2. The van der Waals surface area contributed by atoms with Crippen LogP contribution in [0.1, 0.15) is 49.4 Å². The molecule has 4 rings (SSSR count). The van der Waals surface area contributed by atoms with Crippen molar-refractivity contribution >= 4 is 17.3 Å². The predicted molar refractivity (Wildman–Crippen MR) is 113 cm³/mol. The summed E-state index contributed by atoms with van der Waals surface area (Å²) in [5.41, 5.74) is 3.24. The lowest BCUT2D eigenvalue weighted by Gasteiger charge is -2.42. The quantitative estimate of drug-likeness (QED) is 0.839. The van der Waals surface area contributed by atoms with E-state index in [1.165, 1.54) is 0 Å². The van der Waals surface area contributed by atoms with Crippen molar-refractivity contribution < 1.29 is 9.18 Å². The zero-order valence-electron chi connectivity index (χ0n) is 17.8. The molecule has 6 heteroatoms. The van der Waals surface area contributed by atoms with Crippen LogP contribution >= 0.6 is 0 Å². The van der Waals surface area contributed by atoms with Crippen molar-refractivity contribution in [3.8, 4) is 0 Å². The van der Waals surface area contributed by atoms with Crippen LogP contribution in [0.3, 0.4) is 0 Å². The van der Waals surface area contributed by atoms with E-state index in [2.05, 4.69) is 37.9 Å². The molecule has 29 heavy (non-hydrogen) atoms. The number of nitrogens with one attached hydrogen (secondary N) is 1. The number of halogens is 1. The number of piperazine rings is 1. The van der Waals surface area contributed by atoms with Crippen molar-refractivity contribution in [1.29, 1.82) is 0 Å². The van der Waals surface area contributed by atoms with Crippen molar-refractivity contribution in [2.75, 3.05) is 31.1 Å². The van der Waals surface area contributed by atoms with E-state index in [9.17, 15) is 9.18 Å². The Morgan fingerprint density at radius 3 is 2.62 bits per heavy atom. The lowest BCUT2D eigenvalue weighted by atomic mass is 9.91. The van der Waals surface area contributed by atoms with Gasteiger partial charge in [-0.15, -0.1) is 0 Å². The van der Waals surface area contributed by atoms with Gasteiger partial charge in [0.2, 0.25) is 0 Å². The third kappa shape index (κ3) is 3.39. The number of nitrogens with zero attached hydrogens (tertiary/aromatic N) is 3. The van der Waals surface area contributed by atoms with Crippen LogP contribution in [-0.4, -0.2) is 47.5 Å². The van der Waals surface area contributed by atoms with E-state index in [1.54, 1.807) is 25.1 Å². The molecule has 1 N–H and O–H groups in total. The number of anilines is 2. The Morgan fingerprint density at radius 2 is 1.93 bits per heavy atom. The highest BCUT2D eigenvalue weighted by atomic mass is 19.1. The second-order valence-corrected chi connectivity index (χ2v) is 9.41. The van der Waals surface area contributed by atoms with Gasteiger partial charge in [-0.05, 0) is 50.6 Å². The summed E-state index contributed by atoms with van der Waals surface area (Å²) >= 11 is 0. The monoisotopic (exact) mass is 396 g/mol. The van der Waals surface area contributed by atoms with Crippen molar-refractivity contribution in [3.63, 3.8) is 0 Å². The highest BCUT2D eigenvalue weighted by Gasteiger charge is 2.39. The number of carbonyl (C=O) groups excluding carboxylic acids is 1. The molecule has 0 unspecified atom stereocenters. The molecule has 0 saturated carbocycles. The summed E-state index contributed by atoms with van der Waals surface area (Å²) in [5.74, 6) is -0.246. The van der Waals surface area contributed by atoms with Gasteiger partial charge in [0.25, 0.3) is 5.91 Å². The smallest absolute Gasteiger partial charge is 0.272 e. The van der Waals surface area contributed by atoms with Crippen LogP contribution in [0.5, 0.6) is 0 Å². The van der Waals surface area contributed by atoms with Crippen molar-refractivity contribution in [1.82, 2.24) is 15.2 Å². The van der Waals surface area contributed by atoms with Crippen LogP contribution in [0.2, 0.25) is 0 Å². The SMILES string of the molecule is Cc1ccc(N2CC(C)(C)c3nc(C(=O)N4CCNCC4(C)C)ccc32)cc1F. The van der Waals surface area contributed by atoms with Gasteiger partial charge in [0.05, 0.1) is 16.9 Å². The van der Waals surface area contributed by atoms with Gasteiger partial charge >= 0.3 is 0 Å². The average molecular weight is 397 g/mol. The van der Waals surface area contributed by atoms with Crippen LogP contribution in [0.15, 0.2) is 30.3 Å². The molecule has 0 spiro atoms. The van der Waals surface area contributed by atoms with Gasteiger partial charge in [-0.1, -0.05) is 19.9 Å². The minimum absolute atomic E-state index is 0.0325. The molecular weight excluding hydrogens is 367 g/mol. The second kappa shape index (κ2) is 6.80. The maximum absolute atomic E-state index is 14.2. The van der Waals surface area contributed by atoms with Gasteiger partial charge in [0, 0.05) is 37.3 Å². The maximum atomic E-state index is 14.2. The van der Waals surface area contributed by atoms with Gasteiger partial charge < -0.3 is 15.1 Å². The Morgan fingerprint density at radius 1 is 1.17 bits per heavy atom. The Kier molecular flexibility index (Phi) is 4.65. The Balaban J connectivity index is 1.71. The fourth-order valence-electron chi connectivity index (χ4n) is 4.32. The van der Waals surface area contributed by atoms with Crippen LogP contribution in [0.4, 0.5) is 15.8 Å². The Hall–Kier alpha value is -2.47. The molecule has 1 aromatic heterocycles. The second-order valence-electron chi connectivity index (χ2n) is 9.41. The number of rotatable bonds is 2. The molecular formula is C23H29FN4O. The fraction of sp³-hybridized carbons (Fsp3) is 0.478. The molecule has 2 aromatic rings. The Bertz CT molecular complexity index is 969. The maximum Gasteiger partial charge on any atom is 0.272 e. The highest BCUT2D eigenvalue weighted by Crippen LogP contribution is 2.43. The van der Waals surface area contributed by atoms with Gasteiger partial charge in [-0.2, -0.15) is 0 Å². The van der Waals surface area contributed by atoms with Crippen molar-refractivity contribution in [2.24, 2.45) is 0 Å². The number of hydrogen-bond donors (Lipinski definition) is 1. The van der Waals surface area contributed by atoms with Gasteiger partial charge in [-0.3, -0.25) is 4.79 Å². The first-order valence-corrected chi connectivity index (χ1v) is 10.2. The number of carbonyl (C=O) groups is 1. The average Bonchev–Trinajstić information content (AvgIpc) is 2.94. The van der Waals surface area contributed by atoms with E-state index < -0.39 is 0 Å². The first kappa shape index (κ1) is 19.8. The molecule has 2 aliphatic rings. The third-order valence-electron chi connectivity index (χ3n) is 6.09. The largest absolute Gasteiger partial charge is 0.339 e. The number of pyridine rings is 1. The molecule has 3 heterocycles. The van der Waals surface area contributed by atoms with Gasteiger partial charge in [-0.25, -0.2) is 9.37 Å². The summed E-state index contributed by atoms with van der Waals surface area (Å²) in [4.78, 5) is 22.0. The number of aryl methyl sites for hydroxylation is 1. The number of aromatic nitrogens is 1. The number of fused-ring (bicyclic) bond motifs is 1. The molecule has 5 nitrogen and oxygen atoms in total. The summed E-state index contributed by atoms with van der Waals surface area (Å²) in [6.45, 7) is 13.1. The molecule has 0 radical (unpaired) electrons. The van der Waals surface area contributed by atoms with Gasteiger partial charge in [0.1, 0.15) is 11.5 Å². The number of amides is 1. The first-order chi connectivity index (χ1) is 13.6. The third-order valence-corrected chi connectivity index (χ3v) is 6.09. The first-order valence-electron chi connectivity index (χ1n) is 10.2. The van der Waals surface area contributed by atoms with Crippen LogP contribution in [0.25, 0.3) is 0 Å². The summed E-state index contributed by atoms with van der Waals surface area (Å²) in [5, 5.41) is 3.35. The van der Waals surface area contributed by atoms with E-state index in [-0.39, 0.29) is 22.7 Å². The summed E-state index contributed by atoms with van der Waals surface area (Å²) in [6, 6.07) is 9.07. The van der Waals surface area contributed by atoms with E-state index in [1.807, 2.05) is 17.0 Å². The molecule has 1 amide bonds. The molecule has 1 fully saturated rings. The zero-order chi connectivity index (χ0) is 21.0. The van der Waals surface area contributed by atoms with Crippen LogP contribution < -0.4 is 10.2 Å². The lowest BCUT2D eigenvalue weighted by Crippen LogP contribution is -2.60.